The summed E-state index contributed by atoms with van der Waals surface area (Å²) in [7, 11) is -4.19. The minimum Gasteiger partial charge on any atom is -0.619 e. The van der Waals surface area contributed by atoms with Crippen molar-refractivity contribution in [1.82, 2.24) is 0 Å². The van der Waals surface area contributed by atoms with Crippen LogP contribution in [0.3, 0.4) is 0 Å². The highest BCUT2D eigenvalue weighted by atomic mass is 35.5. The number of carbonyl (C=O) groups excluding carboxylic acids is 3. The molecule has 2 fully saturated rings. The van der Waals surface area contributed by atoms with E-state index < -0.39 is 58.4 Å². The number of carbonyl (C=O) groups is 3. The maximum atomic E-state index is 13.2. The molecule has 2 aromatic carbocycles. The third kappa shape index (κ3) is 14.4. The first kappa shape index (κ1) is 43.5. The SMILES string of the molecule is CC(C)(C)OC(=O)CS(=O)(=O)Nc1ccc(COC(=O)CC(=O)O[C@@H](Cc2c(Cl)c[n+]([O-])cc2Cl)c2ccc(OC(F)F)c(OCC3CC3)c2)cc1OCC1CC1. The molecule has 0 amide bonds. The van der Waals surface area contributed by atoms with Gasteiger partial charge in [-0.3, -0.25) is 19.1 Å². The molecule has 2 aliphatic carbocycles. The number of pyridine rings is 1. The van der Waals surface area contributed by atoms with Crippen molar-refractivity contribution >= 4 is 56.8 Å². The van der Waals surface area contributed by atoms with Gasteiger partial charge in [0.25, 0.3) is 0 Å². The van der Waals surface area contributed by atoms with Gasteiger partial charge in [0, 0.05) is 12.0 Å². The van der Waals surface area contributed by atoms with Crippen LogP contribution in [0.4, 0.5) is 14.5 Å². The van der Waals surface area contributed by atoms with Crippen molar-refractivity contribution in [2.75, 3.05) is 23.7 Å². The van der Waals surface area contributed by atoms with Gasteiger partial charge in [0.15, 0.2) is 29.6 Å². The van der Waals surface area contributed by atoms with Crippen molar-refractivity contribution in [1.29, 1.82) is 0 Å². The predicted octanol–water partition coefficient (Wildman–Crippen LogP) is 6.85. The van der Waals surface area contributed by atoms with E-state index in [0.29, 0.717) is 22.8 Å². The number of sulfonamides is 1. The predicted molar refractivity (Wildman–Crippen MR) is 202 cm³/mol. The van der Waals surface area contributed by atoms with Crippen molar-refractivity contribution in [3.63, 3.8) is 0 Å². The molecule has 0 radical (unpaired) electrons. The van der Waals surface area contributed by atoms with E-state index in [9.17, 15) is 36.8 Å². The van der Waals surface area contributed by atoms with Crippen LogP contribution >= 0.6 is 23.2 Å². The molecule has 1 N–H and O–H groups in total. The lowest BCUT2D eigenvalue weighted by Crippen LogP contribution is -2.30. The summed E-state index contributed by atoms with van der Waals surface area (Å²) in [5, 5.41) is 11.8. The summed E-state index contributed by atoms with van der Waals surface area (Å²) in [5.41, 5.74) is 0.0594. The van der Waals surface area contributed by atoms with Gasteiger partial charge in [-0.15, -0.1) is 0 Å². The second-order valence-corrected chi connectivity index (χ2v) is 17.2. The number of benzene rings is 2. The molecule has 0 unspecified atom stereocenters. The summed E-state index contributed by atoms with van der Waals surface area (Å²) in [6, 6.07) is 8.32. The van der Waals surface area contributed by atoms with Gasteiger partial charge in [0.2, 0.25) is 10.0 Å². The molecule has 0 aliphatic heterocycles. The van der Waals surface area contributed by atoms with Crippen molar-refractivity contribution in [3.8, 4) is 17.2 Å². The Kier molecular flexibility index (Phi) is 14.3. The van der Waals surface area contributed by atoms with Gasteiger partial charge in [-0.2, -0.15) is 13.5 Å². The van der Waals surface area contributed by atoms with Gasteiger partial charge in [-0.05, 0) is 93.7 Å². The zero-order valence-electron chi connectivity index (χ0n) is 31.3. The van der Waals surface area contributed by atoms with Gasteiger partial charge < -0.3 is 33.6 Å². The van der Waals surface area contributed by atoms with Crippen LogP contribution in [0.25, 0.3) is 0 Å². The fourth-order valence-corrected chi connectivity index (χ4v) is 6.82. The zero-order valence-corrected chi connectivity index (χ0v) is 33.6. The molecule has 1 atom stereocenters. The molecule has 57 heavy (non-hydrogen) atoms. The number of halogens is 4. The lowest BCUT2D eigenvalue weighted by Gasteiger charge is -2.21. The number of alkyl halides is 2. The first-order chi connectivity index (χ1) is 26.8. The lowest BCUT2D eigenvalue weighted by molar-refractivity contribution is -0.605. The Balaban J connectivity index is 1.27. The Morgan fingerprint density at radius 3 is 2.12 bits per heavy atom. The molecular weight excluding hydrogens is 817 g/mol. The first-order valence-corrected chi connectivity index (χ1v) is 20.3. The van der Waals surface area contributed by atoms with Crippen LogP contribution in [0.1, 0.15) is 75.7 Å². The molecule has 0 spiro atoms. The fourth-order valence-electron chi connectivity index (χ4n) is 5.28. The van der Waals surface area contributed by atoms with Crippen LogP contribution in [0, 0.1) is 17.0 Å². The minimum atomic E-state index is -4.19. The van der Waals surface area contributed by atoms with E-state index in [2.05, 4.69) is 9.46 Å². The average Bonchev–Trinajstić information content (AvgIpc) is 4.02. The van der Waals surface area contributed by atoms with E-state index in [1.807, 2.05) is 0 Å². The van der Waals surface area contributed by atoms with Gasteiger partial charge in [0.1, 0.15) is 40.5 Å². The molecule has 0 saturated heterocycles. The smallest absolute Gasteiger partial charge is 0.387 e. The van der Waals surface area contributed by atoms with Gasteiger partial charge >= 0.3 is 24.5 Å². The summed E-state index contributed by atoms with van der Waals surface area (Å²) in [6.45, 7) is 1.93. The molecule has 5 rings (SSSR count). The quantitative estimate of drug-likeness (QED) is 0.0411. The van der Waals surface area contributed by atoms with Gasteiger partial charge in [-0.1, -0.05) is 35.3 Å². The topological polar surface area (TPSA) is 180 Å². The molecule has 1 aromatic heterocycles. The van der Waals surface area contributed by atoms with Crippen LogP contribution in [-0.2, 0) is 51.6 Å². The minimum absolute atomic E-state index is 0.0230. The monoisotopic (exact) mass is 858 g/mol. The molecule has 0 bridgehead atoms. The van der Waals surface area contributed by atoms with Gasteiger partial charge in [-0.25, -0.2) is 8.42 Å². The number of hydrogen-bond donors (Lipinski definition) is 1. The number of nitrogens with zero attached hydrogens (tertiary/aromatic N) is 1. The van der Waals surface area contributed by atoms with E-state index >= 15 is 0 Å². The van der Waals surface area contributed by atoms with E-state index in [4.69, 9.17) is 46.9 Å². The Bertz CT molecular complexity index is 2030. The largest absolute Gasteiger partial charge is 0.619 e. The second kappa shape index (κ2) is 18.8. The maximum Gasteiger partial charge on any atom is 0.387 e. The number of anilines is 1. The summed E-state index contributed by atoms with van der Waals surface area (Å²) < 4.78 is 87.2. The van der Waals surface area contributed by atoms with Crippen molar-refractivity contribution < 1.29 is 64.7 Å². The highest BCUT2D eigenvalue weighted by Gasteiger charge is 2.29. The Labute approximate surface area is 338 Å². The normalized spacial score (nSPS) is 14.7. The summed E-state index contributed by atoms with van der Waals surface area (Å²) >= 11 is 12.6. The molecule has 2 aliphatic rings. The molecular formula is C38H42Cl2F2N2O12S. The third-order valence-corrected chi connectivity index (χ3v) is 10.1. The van der Waals surface area contributed by atoms with E-state index in [0.717, 1.165) is 38.1 Å². The second-order valence-electron chi connectivity index (χ2n) is 14.7. The van der Waals surface area contributed by atoms with Crippen molar-refractivity contribution in [2.24, 2.45) is 11.8 Å². The van der Waals surface area contributed by atoms with Crippen LogP contribution in [0.15, 0.2) is 48.8 Å². The van der Waals surface area contributed by atoms with Crippen LogP contribution in [-0.4, -0.2) is 57.5 Å². The highest BCUT2D eigenvalue weighted by Crippen LogP contribution is 2.38. The van der Waals surface area contributed by atoms with Crippen molar-refractivity contribution in [3.05, 3.63) is 80.7 Å². The Morgan fingerprint density at radius 2 is 1.53 bits per heavy atom. The van der Waals surface area contributed by atoms with E-state index in [-0.39, 0.29) is 69.7 Å². The van der Waals surface area contributed by atoms with E-state index in [1.165, 1.54) is 36.4 Å². The number of nitrogens with one attached hydrogen (secondary N) is 1. The van der Waals surface area contributed by atoms with Crippen LogP contribution < -0.4 is 23.7 Å². The summed E-state index contributed by atoms with van der Waals surface area (Å²) in [4.78, 5) is 38.3. The summed E-state index contributed by atoms with van der Waals surface area (Å²) in [6.07, 6.45) is 3.61. The molecule has 2 saturated carbocycles. The molecule has 1 heterocycles. The lowest BCUT2D eigenvalue weighted by atomic mass is 10.0. The Hall–Kier alpha value is -4.61. The Morgan fingerprint density at radius 1 is 0.895 bits per heavy atom. The number of aromatic nitrogens is 1. The fraction of sp³-hybridized carbons (Fsp3) is 0.474. The summed E-state index contributed by atoms with van der Waals surface area (Å²) in [5.74, 6) is -3.43. The number of ether oxygens (including phenoxy) is 6. The van der Waals surface area contributed by atoms with E-state index in [1.54, 1.807) is 20.8 Å². The van der Waals surface area contributed by atoms with Gasteiger partial charge in [0.05, 0.1) is 18.9 Å². The molecule has 3 aromatic rings. The number of hydrogen-bond acceptors (Lipinski definition) is 12. The molecule has 14 nitrogen and oxygen atoms in total. The van der Waals surface area contributed by atoms with Crippen LogP contribution in [0.5, 0.6) is 17.2 Å². The highest BCUT2D eigenvalue weighted by molar-refractivity contribution is 7.93. The molecule has 310 valence electrons. The standard InChI is InChI=1S/C38H42Cl2F2N2O12S/c1-38(2,3)56-36(47)21-57(49,50)43-29-10-8-24(12-32(29)51-18-22-4-5-22)20-53-34(45)15-35(46)54-31(14-26-27(39)16-44(48)17-28(26)40)25-9-11-30(55-37(41)42)33(13-25)52-19-23-6-7-23/h8-13,16-17,22-23,31,37,43H,4-7,14-15,18-21H2,1-3H3/t31-/m0/s1. The third-order valence-electron chi connectivity index (χ3n) is 8.35. The zero-order chi connectivity index (χ0) is 41.5. The van der Waals surface area contributed by atoms with Crippen molar-refractivity contribution in [2.45, 2.75) is 84.2 Å². The average molecular weight is 860 g/mol. The molecule has 19 heteroatoms. The maximum absolute atomic E-state index is 13.2. The number of esters is 3. The first-order valence-electron chi connectivity index (χ1n) is 17.9. The van der Waals surface area contributed by atoms with Crippen LogP contribution in [0.2, 0.25) is 10.0 Å². The number of rotatable bonds is 20.